The van der Waals surface area contributed by atoms with Crippen molar-refractivity contribution in [2.45, 2.75) is 18.8 Å². The molecule has 1 saturated heterocycles. The van der Waals surface area contributed by atoms with Crippen LogP contribution in [0.4, 0.5) is 0 Å². The van der Waals surface area contributed by atoms with E-state index in [-0.39, 0.29) is 6.29 Å². The molecule has 0 amide bonds. The predicted octanol–water partition coefficient (Wildman–Crippen LogP) is 2.79. The number of aliphatic hydroxyl groups excluding tert-OH is 1. The summed E-state index contributed by atoms with van der Waals surface area (Å²) in [4.78, 5) is 0. The van der Waals surface area contributed by atoms with Crippen molar-refractivity contribution in [2.75, 3.05) is 13.2 Å². The molecule has 2 rings (SSSR count). The fraction of sp³-hybridized carbons (Fsp3) is 0.455. The van der Waals surface area contributed by atoms with Crippen molar-refractivity contribution < 1.29 is 14.6 Å². The second-order valence-electron chi connectivity index (χ2n) is 3.59. The molecule has 16 heavy (non-hydrogen) atoms. The standard InChI is InChI=1S/C11H12Cl2O3/c12-7-1-2-9(13)8(5-7)10(14)6-11-15-3-4-16-11/h1-2,5,10-11,14H,3-4,6H2. The van der Waals surface area contributed by atoms with Crippen LogP contribution in [-0.2, 0) is 9.47 Å². The number of benzene rings is 1. The third-order valence-electron chi connectivity index (χ3n) is 2.42. The minimum atomic E-state index is -0.728. The topological polar surface area (TPSA) is 38.7 Å². The normalized spacial score (nSPS) is 18.9. The van der Waals surface area contributed by atoms with E-state index in [0.717, 1.165) is 0 Å². The summed E-state index contributed by atoms with van der Waals surface area (Å²) in [7, 11) is 0. The third kappa shape index (κ3) is 2.87. The second-order valence-corrected chi connectivity index (χ2v) is 4.43. The Morgan fingerprint density at radius 3 is 2.69 bits per heavy atom. The molecule has 1 aromatic rings. The number of hydrogen-bond donors (Lipinski definition) is 1. The van der Waals surface area contributed by atoms with Crippen LogP contribution < -0.4 is 0 Å². The Bertz CT molecular complexity index is 364. The summed E-state index contributed by atoms with van der Waals surface area (Å²) >= 11 is 11.8. The van der Waals surface area contributed by atoms with Crippen molar-refractivity contribution in [1.82, 2.24) is 0 Å². The van der Waals surface area contributed by atoms with E-state index in [0.29, 0.717) is 35.2 Å². The van der Waals surface area contributed by atoms with E-state index in [2.05, 4.69) is 0 Å². The number of hydrogen-bond acceptors (Lipinski definition) is 3. The highest BCUT2D eigenvalue weighted by Crippen LogP contribution is 2.30. The van der Waals surface area contributed by atoms with Gasteiger partial charge < -0.3 is 14.6 Å². The first-order valence-electron chi connectivity index (χ1n) is 5.03. The van der Waals surface area contributed by atoms with Crippen LogP contribution >= 0.6 is 23.2 Å². The van der Waals surface area contributed by atoms with Gasteiger partial charge in [0.1, 0.15) is 0 Å². The number of ether oxygens (including phenoxy) is 2. The average Bonchev–Trinajstić information content (AvgIpc) is 2.74. The second kappa shape index (κ2) is 5.34. The van der Waals surface area contributed by atoms with E-state index in [1.807, 2.05) is 0 Å². The molecule has 1 aliphatic heterocycles. The Morgan fingerprint density at radius 2 is 2.00 bits per heavy atom. The quantitative estimate of drug-likeness (QED) is 0.911. The molecular weight excluding hydrogens is 251 g/mol. The molecule has 3 nitrogen and oxygen atoms in total. The molecular formula is C11H12Cl2O3. The van der Waals surface area contributed by atoms with Crippen molar-refractivity contribution in [3.05, 3.63) is 33.8 Å². The predicted molar refractivity (Wildman–Crippen MR) is 61.7 cm³/mol. The van der Waals surface area contributed by atoms with Crippen molar-refractivity contribution in [3.8, 4) is 0 Å². The summed E-state index contributed by atoms with van der Waals surface area (Å²) < 4.78 is 10.5. The van der Waals surface area contributed by atoms with Gasteiger partial charge in [0.15, 0.2) is 6.29 Å². The van der Waals surface area contributed by atoms with Crippen LogP contribution in [0.25, 0.3) is 0 Å². The van der Waals surface area contributed by atoms with Gasteiger partial charge in [0.2, 0.25) is 0 Å². The summed E-state index contributed by atoms with van der Waals surface area (Å²) in [5, 5.41) is 11.0. The lowest BCUT2D eigenvalue weighted by Crippen LogP contribution is -2.13. The Kier molecular flexibility index (Phi) is 4.05. The summed E-state index contributed by atoms with van der Waals surface area (Å²) in [6.07, 6.45) is -0.723. The molecule has 5 heteroatoms. The molecule has 0 bridgehead atoms. The Hall–Kier alpha value is -0.320. The zero-order valence-corrected chi connectivity index (χ0v) is 10.0. The molecule has 0 spiro atoms. The van der Waals surface area contributed by atoms with E-state index in [1.165, 1.54) is 0 Å². The van der Waals surface area contributed by atoms with Gasteiger partial charge in [-0.05, 0) is 18.2 Å². The summed E-state index contributed by atoms with van der Waals surface area (Å²) in [6.45, 7) is 1.14. The van der Waals surface area contributed by atoms with E-state index < -0.39 is 6.10 Å². The SMILES string of the molecule is OC(CC1OCCO1)c1cc(Cl)ccc1Cl. The van der Waals surface area contributed by atoms with Crippen LogP contribution in [0.2, 0.25) is 10.0 Å². The zero-order chi connectivity index (χ0) is 11.5. The smallest absolute Gasteiger partial charge is 0.160 e. The zero-order valence-electron chi connectivity index (χ0n) is 8.53. The van der Waals surface area contributed by atoms with Gasteiger partial charge in [-0.2, -0.15) is 0 Å². The van der Waals surface area contributed by atoms with Crippen molar-refractivity contribution >= 4 is 23.2 Å². The van der Waals surface area contributed by atoms with Crippen LogP contribution in [0.1, 0.15) is 18.1 Å². The minimum absolute atomic E-state index is 0.356. The maximum absolute atomic E-state index is 9.98. The largest absolute Gasteiger partial charge is 0.388 e. The van der Waals surface area contributed by atoms with Gasteiger partial charge in [0.05, 0.1) is 19.3 Å². The highest BCUT2D eigenvalue weighted by Gasteiger charge is 2.22. The Morgan fingerprint density at radius 1 is 1.31 bits per heavy atom. The van der Waals surface area contributed by atoms with Gasteiger partial charge in [-0.25, -0.2) is 0 Å². The third-order valence-corrected chi connectivity index (χ3v) is 3.00. The monoisotopic (exact) mass is 262 g/mol. The first-order valence-corrected chi connectivity index (χ1v) is 5.78. The van der Waals surface area contributed by atoms with Crippen LogP contribution in [0.15, 0.2) is 18.2 Å². The fourth-order valence-electron chi connectivity index (χ4n) is 1.62. The molecule has 88 valence electrons. The lowest BCUT2D eigenvalue weighted by Gasteiger charge is -2.16. The summed E-state index contributed by atoms with van der Waals surface area (Å²) in [5.74, 6) is 0. The van der Waals surface area contributed by atoms with E-state index in [9.17, 15) is 5.11 Å². The van der Waals surface area contributed by atoms with Gasteiger partial charge in [-0.15, -0.1) is 0 Å². The molecule has 1 N–H and O–H groups in total. The van der Waals surface area contributed by atoms with Gasteiger partial charge in [-0.3, -0.25) is 0 Å². The van der Waals surface area contributed by atoms with Gasteiger partial charge >= 0.3 is 0 Å². The summed E-state index contributed by atoms with van der Waals surface area (Å²) in [6, 6.07) is 5.00. The average molecular weight is 263 g/mol. The fourth-order valence-corrected chi connectivity index (χ4v) is 2.05. The van der Waals surface area contributed by atoms with E-state index >= 15 is 0 Å². The molecule has 1 atom stereocenters. The van der Waals surface area contributed by atoms with Crippen LogP contribution in [0.5, 0.6) is 0 Å². The highest BCUT2D eigenvalue weighted by atomic mass is 35.5. The molecule has 0 radical (unpaired) electrons. The molecule has 1 unspecified atom stereocenters. The number of aliphatic hydroxyl groups is 1. The maximum atomic E-state index is 9.98. The van der Waals surface area contributed by atoms with Crippen molar-refractivity contribution in [2.24, 2.45) is 0 Å². The van der Waals surface area contributed by atoms with Gasteiger partial charge in [0, 0.05) is 22.0 Å². The molecule has 0 aliphatic carbocycles. The molecule has 1 aromatic carbocycles. The maximum Gasteiger partial charge on any atom is 0.160 e. The van der Waals surface area contributed by atoms with Gasteiger partial charge in [-0.1, -0.05) is 23.2 Å². The molecule has 0 saturated carbocycles. The van der Waals surface area contributed by atoms with Crippen LogP contribution in [0.3, 0.4) is 0 Å². The number of rotatable bonds is 3. The molecule has 1 heterocycles. The first kappa shape index (κ1) is 12.1. The lowest BCUT2D eigenvalue weighted by molar-refractivity contribution is -0.0707. The van der Waals surface area contributed by atoms with Crippen molar-refractivity contribution in [3.63, 3.8) is 0 Å². The van der Waals surface area contributed by atoms with Gasteiger partial charge in [0.25, 0.3) is 0 Å². The summed E-state index contributed by atoms with van der Waals surface area (Å²) in [5.41, 5.74) is 0.605. The molecule has 1 fully saturated rings. The van der Waals surface area contributed by atoms with Crippen molar-refractivity contribution in [1.29, 1.82) is 0 Å². The van der Waals surface area contributed by atoms with Crippen LogP contribution in [0, 0.1) is 0 Å². The van der Waals surface area contributed by atoms with Crippen LogP contribution in [-0.4, -0.2) is 24.6 Å². The first-order chi connectivity index (χ1) is 7.66. The molecule has 1 aliphatic rings. The lowest BCUT2D eigenvalue weighted by atomic mass is 10.1. The molecule has 0 aromatic heterocycles. The van der Waals surface area contributed by atoms with E-state index in [4.69, 9.17) is 32.7 Å². The minimum Gasteiger partial charge on any atom is -0.388 e. The van der Waals surface area contributed by atoms with E-state index in [1.54, 1.807) is 18.2 Å². The number of halogens is 2. The Balaban J connectivity index is 2.07. The highest BCUT2D eigenvalue weighted by molar-refractivity contribution is 6.33. The Labute approximate surface area is 104 Å².